The lowest BCUT2D eigenvalue weighted by Crippen LogP contribution is -2.13. The van der Waals surface area contributed by atoms with Crippen LogP contribution in [0.4, 0.5) is 5.69 Å². The molecule has 3 N–H and O–H groups in total. The SMILES string of the molecule is Cc1ccnc(Cl)c1NC(=O)c1ccc(CCN)cc1. The van der Waals surface area contributed by atoms with Gasteiger partial charge >= 0.3 is 0 Å². The molecule has 0 aliphatic carbocycles. The maximum Gasteiger partial charge on any atom is 0.255 e. The smallest absolute Gasteiger partial charge is 0.255 e. The predicted molar refractivity (Wildman–Crippen MR) is 81.1 cm³/mol. The van der Waals surface area contributed by atoms with E-state index in [2.05, 4.69) is 10.3 Å². The summed E-state index contributed by atoms with van der Waals surface area (Å²) in [5.74, 6) is -0.206. The van der Waals surface area contributed by atoms with E-state index in [0.29, 0.717) is 17.8 Å². The summed E-state index contributed by atoms with van der Waals surface area (Å²) < 4.78 is 0. The molecule has 4 nitrogen and oxygen atoms in total. The van der Waals surface area contributed by atoms with Crippen molar-refractivity contribution in [3.63, 3.8) is 0 Å². The van der Waals surface area contributed by atoms with Gasteiger partial charge in [-0.15, -0.1) is 0 Å². The Morgan fingerprint density at radius 1 is 1.30 bits per heavy atom. The van der Waals surface area contributed by atoms with E-state index in [1.54, 1.807) is 24.4 Å². The van der Waals surface area contributed by atoms with Gasteiger partial charge in [0.2, 0.25) is 0 Å². The first kappa shape index (κ1) is 14.5. The number of rotatable bonds is 4. The first-order valence-corrected chi connectivity index (χ1v) is 6.71. The van der Waals surface area contributed by atoms with Crippen molar-refractivity contribution < 1.29 is 4.79 Å². The Kier molecular flexibility index (Phi) is 4.71. The molecule has 20 heavy (non-hydrogen) atoms. The number of nitrogens with zero attached hydrogens (tertiary/aromatic N) is 1. The molecule has 1 aromatic carbocycles. The largest absolute Gasteiger partial charge is 0.330 e. The molecule has 0 aliphatic heterocycles. The Morgan fingerprint density at radius 3 is 2.60 bits per heavy atom. The molecule has 0 unspecified atom stereocenters. The monoisotopic (exact) mass is 289 g/mol. The van der Waals surface area contributed by atoms with Gasteiger partial charge in [-0.1, -0.05) is 23.7 Å². The summed E-state index contributed by atoms with van der Waals surface area (Å²) in [7, 11) is 0. The number of carbonyl (C=O) groups excluding carboxylic acids is 1. The van der Waals surface area contributed by atoms with Crippen LogP contribution in [0.15, 0.2) is 36.5 Å². The van der Waals surface area contributed by atoms with Crippen LogP contribution in [0.2, 0.25) is 5.15 Å². The van der Waals surface area contributed by atoms with Crippen molar-refractivity contribution in [2.45, 2.75) is 13.3 Å². The number of aromatic nitrogens is 1. The fourth-order valence-electron chi connectivity index (χ4n) is 1.85. The van der Waals surface area contributed by atoms with Crippen LogP contribution in [0.25, 0.3) is 0 Å². The van der Waals surface area contributed by atoms with Gasteiger partial charge in [0.15, 0.2) is 5.15 Å². The van der Waals surface area contributed by atoms with Crippen molar-refractivity contribution >= 4 is 23.2 Å². The molecule has 1 heterocycles. The second kappa shape index (κ2) is 6.50. The minimum absolute atomic E-state index is 0.206. The Bertz CT molecular complexity index is 591. The van der Waals surface area contributed by atoms with Gasteiger partial charge in [0.1, 0.15) is 0 Å². The van der Waals surface area contributed by atoms with E-state index < -0.39 is 0 Å². The quantitative estimate of drug-likeness (QED) is 0.851. The van der Waals surface area contributed by atoms with Gasteiger partial charge in [-0.3, -0.25) is 4.79 Å². The molecule has 104 valence electrons. The minimum atomic E-state index is -0.206. The van der Waals surface area contributed by atoms with Crippen LogP contribution in [-0.2, 0) is 6.42 Å². The third kappa shape index (κ3) is 3.35. The number of pyridine rings is 1. The third-order valence-electron chi connectivity index (χ3n) is 3.00. The molecule has 5 heteroatoms. The molecule has 0 spiro atoms. The first-order valence-electron chi connectivity index (χ1n) is 6.33. The Hall–Kier alpha value is -1.91. The number of anilines is 1. The number of hydrogen-bond acceptors (Lipinski definition) is 3. The second-order valence-electron chi connectivity index (χ2n) is 4.48. The molecule has 0 saturated carbocycles. The molecule has 0 fully saturated rings. The van der Waals surface area contributed by atoms with Crippen LogP contribution >= 0.6 is 11.6 Å². The van der Waals surface area contributed by atoms with Crippen molar-refractivity contribution in [1.82, 2.24) is 4.98 Å². The molecule has 0 bridgehead atoms. The van der Waals surface area contributed by atoms with E-state index in [-0.39, 0.29) is 11.1 Å². The number of amides is 1. The van der Waals surface area contributed by atoms with Crippen molar-refractivity contribution in [2.24, 2.45) is 5.73 Å². The van der Waals surface area contributed by atoms with Gasteiger partial charge in [0.25, 0.3) is 5.91 Å². The number of nitrogens with one attached hydrogen (secondary N) is 1. The lowest BCUT2D eigenvalue weighted by molar-refractivity contribution is 0.102. The zero-order chi connectivity index (χ0) is 14.5. The fourth-order valence-corrected chi connectivity index (χ4v) is 2.10. The van der Waals surface area contributed by atoms with E-state index in [1.165, 1.54) is 0 Å². The summed E-state index contributed by atoms with van der Waals surface area (Å²) in [6.07, 6.45) is 2.41. The highest BCUT2D eigenvalue weighted by molar-refractivity contribution is 6.32. The zero-order valence-electron chi connectivity index (χ0n) is 11.2. The average Bonchev–Trinajstić information content (AvgIpc) is 2.44. The van der Waals surface area contributed by atoms with Gasteiger partial charge in [-0.05, 0) is 49.2 Å². The summed E-state index contributed by atoms with van der Waals surface area (Å²) in [5, 5.41) is 3.08. The van der Waals surface area contributed by atoms with Crippen molar-refractivity contribution in [3.8, 4) is 0 Å². The van der Waals surface area contributed by atoms with Crippen molar-refractivity contribution in [3.05, 3.63) is 58.4 Å². The van der Waals surface area contributed by atoms with Crippen molar-refractivity contribution in [2.75, 3.05) is 11.9 Å². The normalized spacial score (nSPS) is 10.3. The van der Waals surface area contributed by atoms with E-state index in [9.17, 15) is 4.79 Å². The predicted octanol–water partition coefficient (Wildman–Crippen LogP) is 2.80. The van der Waals surface area contributed by atoms with Crippen LogP contribution in [0.3, 0.4) is 0 Å². The number of hydrogen-bond donors (Lipinski definition) is 2. The van der Waals surface area contributed by atoms with Crippen LogP contribution < -0.4 is 11.1 Å². The molecule has 1 aromatic heterocycles. The Morgan fingerprint density at radius 2 is 2.00 bits per heavy atom. The van der Waals surface area contributed by atoms with Crippen LogP contribution in [-0.4, -0.2) is 17.4 Å². The molecule has 2 rings (SSSR count). The molecule has 0 aliphatic rings. The lowest BCUT2D eigenvalue weighted by atomic mass is 10.1. The highest BCUT2D eigenvalue weighted by atomic mass is 35.5. The van der Waals surface area contributed by atoms with Gasteiger partial charge in [0.05, 0.1) is 5.69 Å². The van der Waals surface area contributed by atoms with Crippen molar-refractivity contribution in [1.29, 1.82) is 0 Å². The number of aryl methyl sites for hydroxylation is 1. The lowest BCUT2D eigenvalue weighted by Gasteiger charge is -2.09. The molecule has 1 amide bonds. The minimum Gasteiger partial charge on any atom is -0.330 e. The standard InChI is InChI=1S/C15H16ClN3O/c1-10-7-9-18-14(16)13(10)19-15(20)12-4-2-11(3-5-12)6-8-17/h2-5,7,9H,6,8,17H2,1H3,(H,19,20). The second-order valence-corrected chi connectivity index (χ2v) is 4.84. The highest BCUT2D eigenvalue weighted by Crippen LogP contribution is 2.23. The fraction of sp³-hybridized carbons (Fsp3) is 0.200. The van der Waals surface area contributed by atoms with Gasteiger partial charge in [-0.25, -0.2) is 4.98 Å². The maximum atomic E-state index is 12.2. The number of halogens is 1. The average molecular weight is 290 g/mol. The third-order valence-corrected chi connectivity index (χ3v) is 3.29. The molecule has 0 radical (unpaired) electrons. The number of benzene rings is 1. The summed E-state index contributed by atoms with van der Waals surface area (Å²) >= 11 is 5.99. The molecule has 0 saturated heterocycles. The number of nitrogens with two attached hydrogens (primary N) is 1. The van der Waals surface area contributed by atoms with E-state index in [4.69, 9.17) is 17.3 Å². The van der Waals surface area contributed by atoms with Gasteiger partial charge in [0, 0.05) is 11.8 Å². The summed E-state index contributed by atoms with van der Waals surface area (Å²) in [5.41, 5.74) is 8.60. The van der Waals surface area contributed by atoms with E-state index in [0.717, 1.165) is 17.5 Å². The summed E-state index contributed by atoms with van der Waals surface area (Å²) in [4.78, 5) is 16.1. The van der Waals surface area contributed by atoms with Crippen LogP contribution in [0, 0.1) is 6.92 Å². The Balaban J connectivity index is 2.16. The van der Waals surface area contributed by atoms with E-state index in [1.807, 2.05) is 19.1 Å². The van der Waals surface area contributed by atoms with Gasteiger partial charge < -0.3 is 11.1 Å². The molecule has 2 aromatic rings. The van der Waals surface area contributed by atoms with Gasteiger partial charge in [-0.2, -0.15) is 0 Å². The maximum absolute atomic E-state index is 12.2. The summed E-state index contributed by atoms with van der Waals surface area (Å²) in [6.45, 7) is 2.46. The molecular formula is C15H16ClN3O. The number of carbonyl (C=O) groups is 1. The molecule has 0 atom stereocenters. The first-order chi connectivity index (χ1) is 9.61. The Labute approximate surface area is 123 Å². The van der Waals surface area contributed by atoms with E-state index >= 15 is 0 Å². The highest BCUT2D eigenvalue weighted by Gasteiger charge is 2.11. The zero-order valence-corrected chi connectivity index (χ0v) is 11.9. The van der Waals surface area contributed by atoms with Crippen LogP contribution in [0.5, 0.6) is 0 Å². The summed E-state index contributed by atoms with van der Waals surface area (Å²) in [6, 6.07) is 9.16. The van der Waals surface area contributed by atoms with Crippen LogP contribution in [0.1, 0.15) is 21.5 Å². The molecular weight excluding hydrogens is 274 g/mol. The topological polar surface area (TPSA) is 68.0 Å².